The van der Waals surface area contributed by atoms with E-state index in [2.05, 4.69) is 34.7 Å². The maximum atomic E-state index is 12.6. The van der Waals surface area contributed by atoms with Crippen molar-refractivity contribution >= 4 is 34.2 Å². The van der Waals surface area contributed by atoms with Gasteiger partial charge in [0, 0.05) is 26.5 Å². The largest absolute Gasteiger partial charge is 0.294 e. The van der Waals surface area contributed by atoms with Gasteiger partial charge in [0.25, 0.3) is 0 Å². The van der Waals surface area contributed by atoms with Gasteiger partial charge in [-0.1, -0.05) is 12.2 Å². The van der Waals surface area contributed by atoms with Gasteiger partial charge in [0.15, 0.2) is 11.6 Å². The second-order valence-electron chi connectivity index (χ2n) is 5.42. The van der Waals surface area contributed by atoms with Gasteiger partial charge >= 0.3 is 0 Å². The molecular formula is C15H11IO2. The van der Waals surface area contributed by atoms with Gasteiger partial charge in [0.2, 0.25) is 0 Å². The van der Waals surface area contributed by atoms with Crippen LogP contribution in [-0.2, 0) is 0 Å². The zero-order valence-electron chi connectivity index (χ0n) is 9.60. The van der Waals surface area contributed by atoms with Crippen LogP contribution >= 0.6 is 22.6 Å². The Kier molecular flexibility index (Phi) is 2.14. The summed E-state index contributed by atoms with van der Waals surface area (Å²) >= 11 is 2.19. The van der Waals surface area contributed by atoms with Crippen LogP contribution in [0.1, 0.15) is 27.1 Å². The summed E-state index contributed by atoms with van der Waals surface area (Å²) < 4.78 is 1.02. The Hall–Kier alpha value is -0.970. The molecule has 4 rings (SSSR count). The molecule has 4 atom stereocenters. The Morgan fingerprint density at radius 1 is 0.944 bits per heavy atom. The number of hydrogen-bond acceptors (Lipinski definition) is 2. The summed E-state index contributed by atoms with van der Waals surface area (Å²) in [5, 5.41) is 0. The Labute approximate surface area is 119 Å². The first-order valence-electron chi connectivity index (χ1n) is 6.23. The Balaban J connectivity index is 1.93. The van der Waals surface area contributed by atoms with E-state index in [4.69, 9.17) is 0 Å². The number of fused-ring (bicyclic) bond motifs is 6. The Morgan fingerprint density at radius 3 is 2.22 bits per heavy atom. The third-order valence-electron chi connectivity index (χ3n) is 4.58. The van der Waals surface area contributed by atoms with Crippen LogP contribution in [-0.4, -0.2) is 11.6 Å². The maximum absolute atomic E-state index is 12.6. The smallest absolute Gasteiger partial charge is 0.168 e. The molecule has 3 heteroatoms. The predicted molar refractivity (Wildman–Crippen MR) is 75.5 cm³/mol. The molecule has 18 heavy (non-hydrogen) atoms. The number of rotatable bonds is 0. The summed E-state index contributed by atoms with van der Waals surface area (Å²) in [6.07, 6.45) is 5.25. The molecule has 90 valence electrons. The Morgan fingerprint density at radius 2 is 1.56 bits per heavy atom. The first kappa shape index (κ1) is 10.9. The molecule has 1 aromatic rings. The maximum Gasteiger partial charge on any atom is 0.168 e. The lowest BCUT2D eigenvalue weighted by atomic mass is 9.69. The second-order valence-corrected chi connectivity index (χ2v) is 6.66. The van der Waals surface area contributed by atoms with Gasteiger partial charge in [0.1, 0.15) is 0 Å². The standard InChI is InChI=1S/C15H11IO2/c16-9-3-4-10-11(6-9)15(18)13-8-2-1-7(5-8)12(13)14(10)17/h1-4,6-8,12-13H,5H2. The normalized spacial score (nSPS) is 35.8. The molecule has 0 spiro atoms. The highest BCUT2D eigenvalue weighted by molar-refractivity contribution is 14.1. The van der Waals surface area contributed by atoms with Gasteiger partial charge in [-0.05, 0) is 59.0 Å². The van der Waals surface area contributed by atoms with Crippen molar-refractivity contribution < 1.29 is 9.59 Å². The predicted octanol–water partition coefficient (Wildman–Crippen LogP) is 3.11. The summed E-state index contributed by atoms with van der Waals surface area (Å²) in [6, 6.07) is 5.60. The lowest BCUT2D eigenvalue weighted by Crippen LogP contribution is -2.38. The number of ketones is 2. The van der Waals surface area contributed by atoms with Gasteiger partial charge < -0.3 is 0 Å². The molecule has 1 saturated carbocycles. The Bertz CT molecular complexity index is 617. The summed E-state index contributed by atoms with van der Waals surface area (Å²) in [5.74, 6) is 0.789. The molecule has 0 N–H and O–H groups in total. The van der Waals surface area contributed by atoms with Gasteiger partial charge in [-0.15, -0.1) is 0 Å². The fourth-order valence-electron chi connectivity index (χ4n) is 3.83. The monoisotopic (exact) mass is 350 g/mol. The fraction of sp³-hybridized carbons (Fsp3) is 0.333. The number of carbonyl (C=O) groups excluding carboxylic acids is 2. The van der Waals surface area contributed by atoms with Crippen LogP contribution in [0.5, 0.6) is 0 Å². The van der Waals surface area contributed by atoms with Crippen LogP contribution in [0.4, 0.5) is 0 Å². The van der Waals surface area contributed by atoms with E-state index in [1.807, 2.05) is 18.2 Å². The van der Waals surface area contributed by atoms with Gasteiger partial charge in [-0.2, -0.15) is 0 Å². The molecule has 0 saturated heterocycles. The second kappa shape index (κ2) is 3.53. The van der Waals surface area contributed by atoms with Crippen molar-refractivity contribution in [1.82, 2.24) is 0 Å². The molecule has 0 heterocycles. The summed E-state index contributed by atoms with van der Waals surface area (Å²) in [4.78, 5) is 25.2. The molecule has 1 fully saturated rings. The van der Waals surface area contributed by atoms with Crippen LogP contribution in [0, 0.1) is 27.2 Å². The van der Waals surface area contributed by atoms with Crippen molar-refractivity contribution in [3.8, 4) is 0 Å². The lowest BCUT2D eigenvalue weighted by molar-refractivity contribution is 0.0720. The van der Waals surface area contributed by atoms with Crippen LogP contribution in [0.3, 0.4) is 0 Å². The van der Waals surface area contributed by atoms with Crippen molar-refractivity contribution in [3.63, 3.8) is 0 Å². The molecule has 3 aliphatic carbocycles. The van der Waals surface area contributed by atoms with Crippen molar-refractivity contribution in [2.24, 2.45) is 23.7 Å². The first-order valence-corrected chi connectivity index (χ1v) is 7.31. The summed E-state index contributed by atoms with van der Waals surface area (Å²) in [5.41, 5.74) is 1.29. The number of carbonyl (C=O) groups is 2. The van der Waals surface area contributed by atoms with E-state index in [0.29, 0.717) is 23.0 Å². The zero-order chi connectivity index (χ0) is 12.4. The average molecular weight is 350 g/mol. The fourth-order valence-corrected chi connectivity index (χ4v) is 4.32. The molecule has 0 radical (unpaired) electrons. The van der Waals surface area contributed by atoms with E-state index >= 15 is 0 Å². The van der Waals surface area contributed by atoms with E-state index in [-0.39, 0.29) is 23.4 Å². The number of hydrogen-bond donors (Lipinski definition) is 0. The highest BCUT2D eigenvalue weighted by Crippen LogP contribution is 2.52. The quantitative estimate of drug-likeness (QED) is 0.532. The van der Waals surface area contributed by atoms with E-state index < -0.39 is 0 Å². The zero-order valence-corrected chi connectivity index (χ0v) is 11.8. The third-order valence-corrected chi connectivity index (χ3v) is 5.25. The minimum absolute atomic E-state index is 0.0833. The minimum atomic E-state index is -0.0850. The van der Waals surface area contributed by atoms with Crippen molar-refractivity contribution in [1.29, 1.82) is 0 Å². The van der Waals surface area contributed by atoms with Gasteiger partial charge in [-0.3, -0.25) is 9.59 Å². The van der Waals surface area contributed by atoms with Crippen LogP contribution in [0.25, 0.3) is 0 Å². The van der Waals surface area contributed by atoms with Crippen LogP contribution < -0.4 is 0 Å². The molecular weight excluding hydrogens is 339 g/mol. The minimum Gasteiger partial charge on any atom is -0.294 e. The highest BCUT2D eigenvalue weighted by Gasteiger charge is 2.54. The average Bonchev–Trinajstić information content (AvgIpc) is 2.96. The van der Waals surface area contributed by atoms with Crippen molar-refractivity contribution in [3.05, 3.63) is 45.0 Å². The van der Waals surface area contributed by atoms with Crippen LogP contribution in [0.15, 0.2) is 30.4 Å². The third kappa shape index (κ3) is 1.23. The lowest BCUT2D eigenvalue weighted by Gasteiger charge is -2.31. The molecule has 4 unspecified atom stereocenters. The summed E-state index contributed by atoms with van der Waals surface area (Å²) in [7, 11) is 0. The molecule has 1 aromatic carbocycles. The molecule has 2 nitrogen and oxygen atoms in total. The number of allylic oxidation sites excluding steroid dienone is 2. The van der Waals surface area contributed by atoms with Crippen molar-refractivity contribution in [2.45, 2.75) is 6.42 Å². The number of benzene rings is 1. The molecule has 0 aliphatic heterocycles. The van der Waals surface area contributed by atoms with E-state index in [1.165, 1.54) is 0 Å². The number of halogens is 1. The number of Topliss-reactive ketones (excluding diaryl/α,β-unsaturated/α-hetero) is 2. The van der Waals surface area contributed by atoms with E-state index in [9.17, 15) is 9.59 Å². The highest BCUT2D eigenvalue weighted by atomic mass is 127. The molecule has 2 bridgehead atoms. The van der Waals surface area contributed by atoms with Crippen LogP contribution in [0.2, 0.25) is 0 Å². The van der Waals surface area contributed by atoms with Gasteiger partial charge in [-0.25, -0.2) is 0 Å². The molecule has 0 amide bonds. The topological polar surface area (TPSA) is 34.1 Å². The first-order chi connectivity index (χ1) is 8.66. The van der Waals surface area contributed by atoms with Gasteiger partial charge in [0.05, 0.1) is 0 Å². The SMILES string of the molecule is O=C1c2ccc(I)cc2C(=O)C2C3C=CC(C3)C12. The van der Waals surface area contributed by atoms with E-state index in [0.717, 1.165) is 9.99 Å². The van der Waals surface area contributed by atoms with E-state index in [1.54, 1.807) is 0 Å². The molecule has 3 aliphatic rings. The van der Waals surface area contributed by atoms with Crippen molar-refractivity contribution in [2.75, 3.05) is 0 Å². The summed E-state index contributed by atoms with van der Waals surface area (Å²) in [6.45, 7) is 0. The molecule has 0 aromatic heterocycles.